The van der Waals surface area contributed by atoms with E-state index in [1.165, 1.54) is 12.1 Å². The van der Waals surface area contributed by atoms with Crippen LogP contribution in [0.15, 0.2) is 42.5 Å². The fourth-order valence-electron chi connectivity index (χ4n) is 4.65. The van der Waals surface area contributed by atoms with Gasteiger partial charge in [0.25, 0.3) is 0 Å². The lowest BCUT2D eigenvalue weighted by atomic mass is 9.82. The highest BCUT2D eigenvalue weighted by atomic mass is 31.0. The Hall–Kier alpha value is -2.52. The van der Waals surface area contributed by atoms with Crippen molar-refractivity contribution < 1.29 is 22.6 Å². The van der Waals surface area contributed by atoms with Crippen LogP contribution in [0.5, 0.6) is 11.5 Å². The first-order chi connectivity index (χ1) is 16.2. The molecule has 2 nitrogen and oxygen atoms in total. The molecule has 0 radical (unpaired) electrons. The summed E-state index contributed by atoms with van der Waals surface area (Å²) in [5.74, 6) is 1.46. The van der Waals surface area contributed by atoms with Crippen LogP contribution >= 0.6 is 9.24 Å². The molecule has 1 unspecified atom stereocenters. The average molecular weight is 489 g/mol. The fraction of sp³-hybridized carbons (Fsp3) is 0.357. The van der Waals surface area contributed by atoms with E-state index in [9.17, 15) is 13.2 Å². The molecule has 0 amide bonds. The van der Waals surface area contributed by atoms with Crippen LogP contribution in [0.4, 0.5) is 13.2 Å². The quantitative estimate of drug-likeness (QED) is 0.302. The van der Waals surface area contributed by atoms with Crippen LogP contribution in [-0.2, 0) is 19.0 Å². The third-order valence-corrected chi connectivity index (χ3v) is 6.66. The molecule has 0 aliphatic carbocycles. The lowest BCUT2D eigenvalue weighted by Crippen LogP contribution is -2.10. The van der Waals surface area contributed by atoms with Gasteiger partial charge in [-0.15, -0.1) is 9.24 Å². The van der Waals surface area contributed by atoms with Gasteiger partial charge < -0.3 is 9.47 Å². The van der Waals surface area contributed by atoms with Crippen LogP contribution in [0, 0.1) is 6.92 Å². The Bertz CT molecular complexity index is 1150. The van der Waals surface area contributed by atoms with Crippen molar-refractivity contribution in [2.24, 2.45) is 0 Å². The molecule has 0 fully saturated rings. The molecule has 6 heteroatoms. The van der Waals surface area contributed by atoms with Crippen molar-refractivity contribution in [3.8, 4) is 33.8 Å². The average Bonchev–Trinajstić information content (AvgIpc) is 2.79. The second-order valence-corrected chi connectivity index (χ2v) is 8.99. The maximum atomic E-state index is 13.2. The molecule has 0 saturated carbocycles. The molecule has 0 spiro atoms. The SMILES string of the molecule is CCCc1cc(C)c(-c2c(OC)ccc(OC)c2P)c(CCC)c1-c1ccc(C(F)(F)F)cc1. The monoisotopic (exact) mass is 488 g/mol. The van der Waals surface area contributed by atoms with Gasteiger partial charge in [0, 0.05) is 10.9 Å². The Kier molecular flexibility index (Phi) is 8.30. The third kappa shape index (κ3) is 5.10. The van der Waals surface area contributed by atoms with E-state index in [0.29, 0.717) is 0 Å². The highest BCUT2D eigenvalue weighted by molar-refractivity contribution is 7.28. The van der Waals surface area contributed by atoms with Gasteiger partial charge in [0.1, 0.15) is 11.5 Å². The highest BCUT2D eigenvalue weighted by Gasteiger charge is 2.30. The lowest BCUT2D eigenvalue weighted by molar-refractivity contribution is -0.137. The van der Waals surface area contributed by atoms with Gasteiger partial charge in [-0.2, -0.15) is 13.2 Å². The summed E-state index contributed by atoms with van der Waals surface area (Å²) in [6, 6.07) is 11.5. The first kappa shape index (κ1) is 26.1. The summed E-state index contributed by atoms with van der Waals surface area (Å²) in [5, 5.41) is 0.893. The van der Waals surface area contributed by atoms with Crippen molar-refractivity contribution in [1.82, 2.24) is 0 Å². The van der Waals surface area contributed by atoms with E-state index in [0.717, 1.165) is 81.4 Å². The second-order valence-electron chi connectivity index (χ2n) is 8.42. The molecule has 3 aromatic carbocycles. The molecule has 0 bridgehead atoms. The summed E-state index contributed by atoms with van der Waals surface area (Å²) in [7, 11) is 6.06. The van der Waals surface area contributed by atoms with E-state index >= 15 is 0 Å². The molecule has 34 heavy (non-hydrogen) atoms. The van der Waals surface area contributed by atoms with Crippen LogP contribution in [0.1, 0.15) is 48.9 Å². The molecule has 0 heterocycles. The molecule has 0 aromatic heterocycles. The van der Waals surface area contributed by atoms with Gasteiger partial charge in [0.05, 0.1) is 19.8 Å². The molecular weight excluding hydrogens is 456 g/mol. The van der Waals surface area contributed by atoms with E-state index < -0.39 is 11.7 Å². The maximum Gasteiger partial charge on any atom is 0.416 e. The normalized spacial score (nSPS) is 11.6. The molecule has 0 N–H and O–H groups in total. The number of methoxy groups -OCH3 is 2. The van der Waals surface area contributed by atoms with Crippen LogP contribution in [0.25, 0.3) is 22.3 Å². The van der Waals surface area contributed by atoms with Crippen LogP contribution in [0.2, 0.25) is 0 Å². The molecular formula is C28H32F3O2P. The number of aryl methyl sites for hydroxylation is 2. The Balaban J connectivity index is 2.41. The fourth-order valence-corrected chi connectivity index (χ4v) is 5.15. The number of benzene rings is 3. The van der Waals surface area contributed by atoms with E-state index in [2.05, 4.69) is 36.1 Å². The standard InChI is InChI=1S/C28H32F3O2P/c1-6-8-19-16-17(3)24(26-22(32-4)14-15-23(33-5)27(26)34)21(9-7-2)25(19)18-10-12-20(13-11-18)28(29,30)31/h10-16H,6-9,34H2,1-5H3. The first-order valence-corrected chi connectivity index (χ1v) is 12.1. The molecule has 182 valence electrons. The van der Waals surface area contributed by atoms with Crippen LogP contribution in [0.3, 0.4) is 0 Å². The van der Waals surface area contributed by atoms with Gasteiger partial charge >= 0.3 is 6.18 Å². The van der Waals surface area contributed by atoms with Gasteiger partial charge in [0.2, 0.25) is 0 Å². The molecule has 1 atom stereocenters. The van der Waals surface area contributed by atoms with Gasteiger partial charge in [-0.3, -0.25) is 0 Å². The smallest absolute Gasteiger partial charge is 0.416 e. The van der Waals surface area contributed by atoms with Crippen molar-refractivity contribution in [1.29, 1.82) is 0 Å². The van der Waals surface area contributed by atoms with Crippen molar-refractivity contribution in [3.05, 3.63) is 64.7 Å². The summed E-state index contributed by atoms with van der Waals surface area (Å²) in [4.78, 5) is 0. The lowest BCUT2D eigenvalue weighted by Gasteiger charge is -2.25. The molecule has 3 aromatic rings. The zero-order valence-corrected chi connectivity index (χ0v) is 21.6. The summed E-state index contributed by atoms with van der Waals surface area (Å²) in [5.41, 5.74) is 6.55. The Morgan fingerprint density at radius 3 is 1.91 bits per heavy atom. The minimum atomic E-state index is -4.36. The zero-order valence-electron chi connectivity index (χ0n) is 20.4. The van der Waals surface area contributed by atoms with Gasteiger partial charge in [-0.25, -0.2) is 0 Å². The van der Waals surface area contributed by atoms with E-state index in [1.54, 1.807) is 26.4 Å². The number of hydrogen-bond donors (Lipinski definition) is 0. The summed E-state index contributed by atoms with van der Waals surface area (Å²) >= 11 is 0. The summed E-state index contributed by atoms with van der Waals surface area (Å²) < 4.78 is 51.0. The summed E-state index contributed by atoms with van der Waals surface area (Å²) in [6.45, 7) is 6.32. The number of alkyl halides is 3. The van der Waals surface area contributed by atoms with E-state index in [1.807, 2.05) is 12.1 Å². The van der Waals surface area contributed by atoms with Crippen LogP contribution < -0.4 is 14.8 Å². The minimum absolute atomic E-state index is 0.639. The molecule has 0 aliphatic rings. The maximum absolute atomic E-state index is 13.2. The Morgan fingerprint density at radius 2 is 1.38 bits per heavy atom. The van der Waals surface area contributed by atoms with Gasteiger partial charge in [0.15, 0.2) is 0 Å². The zero-order chi connectivity index (χ0) is 25.0. The largest absolute Gasteiger partial charge is 0.496 e. The third-order valence-electron chi connectivity index (χ3n) is 6.09. The predicted octanol–water partition coefficient (Wildman–Crippen LogP) is 7.77. The number of halogens is 3. The van der Waals surface area contributed by atoms with Crippen molar-refractivity contribution in [3.63, 3.8) is 0 Å². The van der Waals surface area contributed by atoms with Crippen molar-refractivity contribution >= 4 is 14.5 Å². The first-order valence-electron chi connectivity index (χ1n) is 11.5. The number of ether oxygens (including phenoxy) is 2. The number of rotatable bonds is 8. The van der Waals surface area contributed by atoms with E-state index in [-0.39, 0.29) is 0 Å². The van der Waals surface area contributed by atoms with Crippen molar-refractivity contribution in [2.75, 3.05) is 14.2 Å². The van der Waals surface area contributed by atoms with E-state index in [4.69, 9.17) is 9.47 Å². The number of hydrogen-bond acceptors (Lipinski definition) is 2. The highest BCUT2D eigenvalue weighted by Crippen LogP contribution is 2.43. The predicted molar refractivity (Wildman–Crippen MR) is 137 cm³/mol. The molecule has 0 saturated heterocycles. The Labute approximate surface area is 202 Å². The van der Waals surface area contributed by atoms with Crippen LogP contribution in [-0.4, -0.2) is 14.2 Å². The minimum Gasteiger partial charge on any atom is -0.496 e. The topological polar surface area (TPSA) is 18.5 Å². The Morgan fingerprint density at radius 1 is 0.794 bits per heavy atom. The van der Waals surface area contributed by atoms with Gasteiger partial charge in [-0.1, -0.05) is 44.9 Å². The second kappa shape index (κ2) is 10.8. The van der Waals surface area contributed by atoms with Crippen molar-refractivity contribution in [2.45, 2.75) is 52.6 Å². The summed E-state index contributed by atoms with van der Waals surface area (Å²) in [6.07, 6.45) is -0.896. The molecule has 3 rings (SSSR count). The molecule has 0 aliphatic heterocycles. The van der Waals surface area contributed by atoms with Gasteiger partial charge in [-0.05, 0) is 77.4 Å².